The van der Waals surface area contributed by atoms with E-state index in [1.165, 1.54) is 0 Å². The lowest BCUT2D eigenvalue weighted by Gasteiger charge is -2.03. The van der Waals surface area contributed by atoms with Gasteiger partial charge in [0.1, 0.15) is 10.7 Å². The number of fused-ring (bicyclic) bond motifs is 2. The summed E-state index contributed by atoms with van der Waals surface area (Å²) in [6.07, 6.45) is 2.86. The molecular weight excluding hydrogens is 318 g/mol. The van der Waals surface area contributed by atoms with E-state index in [1.54, 1.807) is 28.0 Å². The fourth-order valence-corrected chi connectivity index (χ4v) is 4.14. The first-order valence-corrected chi connectivity index (χ1v) is 8.62. The highest BCUT2D eigenvalue weighted by Gasteiger charge is 2.23. The van der Waals surface area contributed by atoms with E-state index in [-0.39, 0.29) is 5.56 Å². The summed E-state index contributed by atoms with van der Waals surface area (Å²) in [5, 5.41) is 9.65. The van der Waals surface area contributed by atoms with Crippen molar-refractivity contribution in [1.82, 2.24) is 9.55 Å². The van der Waals surface area contributed by atoms with E-state index in [0.29, 0.717) is 12.1 Å². The molecule has 4 nitrogen and oxygen atoms in total. The highest BCUT2D eigenvalue weighted by atomic mass is 32.1. The number of nitriles is 1. The summed E-state index contributed by atoms with van der Waals surface area (Å²) in [4.78, 5) is 19.5. The van der Waals surface area contributed by atoms with Crippen molar-refractivity contribution >= 4 is 33.2 Å². The van der Waals surface area contributed by atoms with Gasteiger partial charge in [-0.15, -0.1) is 11.3 Å². The zero-order valence-electron chi connectivity index (χ0n) is 13.5. The molecule has 0 amide bonds. The van der Waals surface area contributed by atoms with E-state index < -0.39 is 0 Å². The van der Waals surface area contributed by atoms with Crippen molar-refractivity contribution in [2.45, 2.75) is 26.8 Å². The molecule has 1 aromatic carbocycles. The van der Waals surface area contributed by atoms with Gasteiger partial charge in [-0.05, 0) is 55.2 Å². The third kappa shape index (κ3) is 2.19. The van der Waals surface area contributed by atoms with Gasteiger partial charge in [-0.2, -0.15) is 5.26 Å². The third-order valence-electron chi connectivity index (χ3n) is 4.56. The van der Waals surface area contributed by atoms with Gasteiger partial charge in [-0.3, -0.25) is 9.36 Å². The molecule has 0 saturated carbocycles. The fourth-order valence-electron chi connectivity index (χ4n) is 3.12. The zero-order chi connectivity index (χ0) is 16.8. The van der Waals surface area contributed by atoms with Crippen molar-refractivity contribution in [2.75, 3.05) is 0 Å². The van der Waals surface area contributed by atoms with Crippen molar-refractivity contribution < 1.29 is 0 Å². The molecular formula is C19H15N3OS. The van der Waals surface area contributed by atoms with Crippen LogP contribution in [0, 0.1) is 25.2 Å². The Hall–Kier alpha value is -2.71. The van der Waals surface area contributed by atoms with Gasteiger partial charge in [0.2, 0.25) is 0 Å². The molecule has 1 aliphatic rings. The van der Waals surface area contributed by atoms with Gasteiger partial charge in [0.05, 0.1) is 17.0 Å². The zero-order valence-corrected chi connectivity index (χ0v) is 14.3. The Morgan fingerprint density at radius 2 is 2.04 bits per heavy atom. The number of hydrogen-bond donors (Lipinski definition) is 0. The van der Waals surface area contributed by atoms with E-state index in [9.17, 15) is 4.79 Å². The monoisotopic (exact) mass is 333 g/mol. The van der Waals surface area contributed by atoms with Crippen LogP contribution in [0.15, 0.2) is 29.1 Å². The Kier molecular flexibility index (Phi) is 3.36. The molecule has 0 fully saturated rings. The van der Waals surface area contributed by atoms with E-state index in [1.807, 2.05) is 26.0 Å². The molecule has 0 unspecified atom stereocenters. The highest BCUT2D eigenvalue weighted by Crippen LogP contribution is 2.31. The summed E-state index contributed by atoms with van der Waals surface area (Å²) in [6, 6.07) is 9.57. The number of thiophene rings is 1. The molecule has 0 radical (unpaired) electrons. The first kappa shape index (κ1) is 14.9. The standard InChI is InChI=1S/C19H15N3OS/c1-11-12(2)24-18-16(11)19(23)22-8-7-15(17(22)21-18)9-13-3-5-14(10-20)6-4-13/h3-6,9H,7-8H2,1-2H3/b15-9-. The maximum absolute atomic E-state index is 12.8. The summed E-state index contributed by atoms with van der Waals surface area (Å²) in [5.74, 6) is 0.776. The second-order valence-electron chi connectivity index (χ2n) is 6.01. The minimum absolute atomic E-state index is 0.0695. The molecule has 4 rings (SSSR count). The lowest BCUT2D eigenvalue weighted by atomic mass is 10.1. The van der Waals surface area contributed by atoms with Crippen molar-refractivity contribution in [3.05, 3.63) is 62.0 Å². The summed E-state index contributed by atoms with van der Waals surface area (Å²) in [7, 11) is 0. The lowest BCUT2D eigenvalue weighted by molar-refractivity contribution is 0.726. The van der Waals surface area contributed by atoms with E-state index in [0.717, 1.165) is 44.0 Å². The predicted octanol–water partition coefficient (Wildman–Crippen LogP) is 3.89. The average Bonchev–Trinajstić information content (AvgIpc) is 3.11. The van der Waals surface area contributed by atoms with E-state index in [4.69, 9.17) is 10.2 Å². The molecule has 3 aromatic rings. The number of allylic oxidation sites excluding steroid dienone is 1. The summed E-state index contributed by atoms with van der Waals surface area (Å²) in [6.45, 7) is 4.70. The van der Waals surface area contributed by atoms with Gasteiger partial charge in [0.25, 0.3) is 5.56 Å². The molecule has 0 aliphatic carbocycles. The number of benzene rings is 1. The van der Waals surface area contributed by atoms with Gasteiger partial charge in [0, 0.05) is 11.4 Å². The van der Waals surface area contributed by atoms with Gasteiger partial charge in [0.15, 0.2) is 0 Å². The van der Waals surface area contributed by atoms with Gasteiger partial charge >= 0.3 is 0 Å². The summed E-state index contributed by atoms with van der Waals surface area (Å²) in [5.41, 5.74) is 3.85. The Morgan fingerprint density at radius 3 is 2.75 bits per heavy atom. The number of nitrogens with zero attached hydrogens (tertiary/aromatic N) is 3. The Labute approximate surface area is 143 Å². The van der Waals surface area contributed by atoms with Gasteiger partial charge in [-0.25, -0.2) is 4.98 Å². The van der Waals surface area contributed by atoms with Crippen LogP contribution >= 0.6 is 11.3 Å². The van der Waals surface area contributed by atoms with E-state index in [2.05, 4.69) is 12.1 Å². The van der Waals surface area contributed by atoms with Crippen molar-refractivity contribution in [1.29, 1.82) is 5.26 Å². The smallest absolute Gasteiger partial charge is 0.262 e. The van der Waals surface area contributed by atoms with Crippen LogP contribution in [0.25, 0.3) is 21.9 Å². The molecule has 3 heterocycles. The summed E-state index contributed by atoms with van der Waals surface area (Å²) < 4.78 is 1.79. The van der Waals surface area contributed by atoms with Crippen molar-refractivity contribution in [3.8, 4) is 6.07 Å². The fraction of sp³-hybridized carbons (Fsp3) is 0.211. The third-order valence-corrected chi connectivity index (χ3v) is 5.66. The van der Waals surface area contributed by atoms with Crippen LogP contribution in [0.4, 0.5) is 0 Å². The van der Waals surface area contributed by atoms with Crippen molar-refractivity contribution in [2.24, 2.45) is 0 Å². The second-order valence-corrected chi connectivity index (χ2v) is 7.21. The molecule has 5 heteroatoms. The average molecular weight is 333 g/mol. The molecule has 1 aliphatic heterocycles. The number of hydrogen-bond acceptors (Lipinski definition) is 4. The first-order valence-electron chi connectivity index (χ1n) is 7.80. The van der Waals surface area contributed by atoms with Crippen molar-refractivity contribution in [3.63, 3.8) is 0 Å². The second kappa shape index (κ2) is 5.43. The Balaban J connectivity index is 1.86. The molecule has 0 bridgehead atoms. The molecule has 2 aromatic heterocycles. The Morgan fingerprint density at radius 1 is 1.29 bits per heavy atom. The van der Waals surface area contributed by atoms with Crippen LogP contribution in [0.3, 0.4) is 0 Å². The molecule has 0 saturated heterocycles. The molecule has 0 N–H and O–H groups in total. The predicted molar refractivity (Wildman–Crippen MR) is 97.0 cm³/mol. The quantitative estimate of drug-likeness (QED) is 0.679. The normalized spacial score (nSPS) is 15.0. The minimum Gasteiger partial charge on any atom is -0.292 e. The lowest BCUT2D eigenvalue weighted by Crippen LogP contribution is -2.20. The topological polar surface area (TPSA) is 58.7 Å². The molecule has 24 heavy (non-hydrogen) atoms. The van der Waals surface area contributed by atoms with Crippen LogP contribution in [0.1, 0.15) is 33.8 Å². The van der Waals surface area contributed by atoms with Gasteiger partial charge < -0.3 is 0 Å². The first-order chi connectivity index (χ1) is 11.6. The van der Waals surface area contributed by atoms with Crippen LogP contribution in [0.2, 0.25) is 0 Å². The molecule has 118 valence electrons. The largest absolute Gasteiger partial charge is 0.292 e. The van der Waals surface area contributed by atoms with Crippen LogP contribution in [0.5, 0.6) is 0 Å². The van der Waals surface area contributed by atoms with Crippen LogP contribution in [-0.4, -0.2) is 9.55 Å². The molecule has 0 spiro atoms. The van der Waals surface area contributed by atoms with Crippen LogP contribution < -0.4 is 5.56 Å². The minimum atomic E-state index is 0.0695. The highest BCUT2D eigenvalue weighted by molar-refractivity contribution is 7.18. The number of aromatic nitrogens is 2. The SMILES string of the molecule is Cc1sc2nc3n(c(=O)c2c1C)CC/C3=C/c1ccc(C#N)cc1. The number of aryl methyl sites for hydroxylation is 2. The van der Waals surface area contributed by atoms with E-state index >= 15 is 0 Å². The molecule has 0 atom stereocenters. The number of rotatable bonds is 1. The maximum Gasteiger partial charge on any atom is 0.262 e. The maximum atomic E-state index is 12.8. The Bertz CT molecular complexity index is 1090. The van der Waals surface area contributed by atoms with Crippen LogP contribution in [-0.2, 0) is 6.54 Å². The summed E-state index contributed by atoms with van der Waals surface area (Å²) >= 11 is 1.58. The van der Waals surface area contributed by atoms with Gasteiger partial charge in [-0.1, -0.05) is 12.1 Å².